The molecular weight excluding hydrogens is 241 g/mol. The minimum atomic E-state index is -0.464. The summed E-state index contributed by atoms with van der Waals surface area (Å²) in [6.45, 7) is 2.78. The van der Waals surface area contributed by atoms with E-state index in [1.807, 2.05) is 17.7 Å². The number of nitrogens with two attached hydrogens (primary N) is 1. The van der Waals surface area contributed by atoms with Crippen molar-refractivity contribution in [1.82, 2.24) is 9.55 Å². The largest absolute Gasteiger partial charge is 0.334 e. The molecule has 2 N–H and O–H groups in total. The highest BCUT2D eigenvalue weighted by atomic mass is 35.5. The van der Waals surface area contributed by atoms with Crippen molar-refractivity contribution in [1.29, 1.82) is 0 Å². The first-order chi connectivity index (χ1) is 8.13. The van der Waals surface area contributed by atoms with Gasteiger partial charge in [0.2, 0.25) is 0 Å². The Balaban J connectivity index is 2.36. The quantitative estimate of drug-likeness (QED) is 0.914. The van der Waals surface area contributed by atoms with Crippen molar-refractivity contribution in [2.75, 3.05) is 0 Å². The van der Waals surface area contributed by atoms with Crippen LogP contribution in [0.4, 0.5) is 4.39 Å². The summed E-state index contributed by atoms with van der Waals surface area (Å²) in [5.74, 6) is 0.253. The minimum Gasteiger partial charge on any atom is -0.334 e. The van der Waals surface area contributed by atoms with E-state index in [2.05, 4.69) is 4.98 Å². The van der Waals surface area contributed by atoms with E-state index in [1.165, 1.54) is 12.1 Å². The van der Waals surface area contributed by atoms with Crippen LogP contribution in [0, 0.1) is 5.82 Å². The summed E-state index contributed by atoms with van der Waals surface area (Å²) < 4.78 is 15.3. The molecule has 0 bridgehead atoms. The Hall–Kier alpha value is -1.39. The lowest BCUT2D eigenvalue weighted by atomic mass is 10.1. The van der Waals surface area contributed by atoms with Crippen LogP contribution in [0.15, 0.2) is 30.6 Å². The normalized spacial score (nSPS) is 12.7. The highest BCUT2D eigenvalue weighted by Crippen LogP contribution is 2.22. The Morgan fingerprint density at radius 3 is 2.94 bits per heavy atom. The molecule has 0 saturated heterocycles. The monoisotopic (exact) mass is 253 g/mol. The first-order valence-corrected chi connectivity index (χ1v) is 5.72. The molecule has 1 atom stereocenters. The Morgan fingerprint density at radius 1 is 1.53 bits per heavy atom. The van der Waals surface area contributed by atoms with Crippen molar-refractivity contribution in [3.8, 4) is 0 Å². The standard InChI is InChI=1S/C12H13ClFN3/c1-2-17-6-5-16-12(17)11(15)8-3-4-9(13)10(14)7-8/h3-7,11H,2,15H2,1H3. The van der Waals surface area contributed by atoms with Crippen molar-refractivity contribution in [3.63, 3.8) is 0 Å². The SMILES string of the molecule is CCn1ccnc1C(N)c1ccc(Cl)c(F)c1. The number of hydrogen-bond donors (Lipinski definition) is 1. The Kier molecular flexibility index (Phi) is 3.45. The van der Waals surface area contributed by atoms with Gasteiger partial charge in [0.25, 0.3) is 0 Å². The average Bonchev–Trinajstić information content (AvgIpc) is 2.80. The van der Waals surface area contributed by atoms with Crippen molar-refractivity contribution >= 4 is 11.6 Å². The molecule has 1 aromatic carbocycles. The second-order valence-corrected chi connectivity index (χ2v) is 4.13. The molecule has 0 aliphatic rings. The highest BCUT2D eigenvalue weighted by Gasteiger charge is 2.15. The first kappa shape index (κ1) is 12.1. The van der Waals surface area contributed by atoms with Gasteiger partial charge in [-0.05, 0) is 24.6 Å². The number of aryl methyl sites for hydroxylation is 1. The van der Waals surface area contributed by atoms with Gasteiger partial charge in [-0.2, -0.15) is 0 Å². The molecule has 0 spiro atoms. The van der Waals surface area contributed by atoms with Crippen molar-refractivity contribution in [2.45, 2.75) is 19.5 Å². The molecule has 1 heterocycles. The Labute approximate surface area is 104 Å². The highest BCUT2D eigenvalue weighted by molar-refractivity contribution is 6.30. The fourth-order valence-electron chi connectivity index (χ4n) is 1.72. The van der Waals surface area contributed by atoms with E-state index in [4.69, 9.17) is 17.3 Å². The molecule has 0 aliphatic heterocycles. The van der Waals surface area contributed by atoms with Crippen LogP contribution in [0.25, 0.3) is 0 Å². The predicted molar refractivity (Wildman–Crippen MR) is 65.3 cm³/mol. The van der Waals surface area contributed by atoms with Crippen molar-refractivity contribution in [2.24, 2.45) is 5.73 Å². The molecule has 2 aromatic rings. The molecule has 3 nitrogen and oxygen atoms in total. The van der Waals surface area contributed by atoms with Crippen LogP contribution in [-0.4, -0.2) is 9.55 Å². The summed E-state index contributed by atoms with van der Waals surface area (Å²) in [5.41, 5.74) is 6.72. The molecular formula is C12H13ClFN3. The molecule has 5 heteroatoms. The van der Waals surface area contributed by atoms with Gasteiger partial charge < -0.3 is 10.3 Å². The summed E-state index contributed by atoms with van der Waals surface area (Å²) in [4.78, 5) is 4.20. The number of benzene rings is 1. The number of imidazole rings is 1. The number of hydrogen-bond acceptors (Lipinski definition) is 2. The number of halogens is 2. The van der Waals surface area contributed by atoms with Crippen molar-refractivity contribution in [3.05, 3.63) is 52.8 Å². The fourth-order valence-corrected chi connectivity index (χ4v) is 1.84. The van der Waals surface area contributed by atoms with Crippen LogP contribution in [0.2, 0.25) is 5.02 Å². The molecule has 0 fully saturated rings. The van der Waals surface area contributed by atoms with E-state index in [0.717, 1.165) is 6.54 Å². The molecule has 0 saturated carbocycles. The van der Waals surface area contributed by atoms with Crippen LogP contribution < -0.4 is 5.73 Å². The lowest BCUT2D eigenvalue weighted by molar-refractivity contribution is 0.617. The number of aromatic nitrogens is 2. The Bertz CT molecular complexity index is 524. The van der Waals surface area contributed by atoms with Gasteiger partial charge in [-0.15, -0.1) is 0 Å². The van der Waals surface area contributed by atoms with Crippen LogP contribution in [0.3, 0.4) is 0 Å². The summed E-state index contributed by atoms with van der Waals surface area (Å²) >= 11 is 5.63. The average molecular weight is 254 g/mol. The third-order valence-electron chi connectivity index (χ3n) is 2.67. The second-order valence-electron chi connectivity index (χ2n) is 3.72. The molecule has 90 valence electrons. The summed E-state index contributed by atoms with van der Waals surface area (Å²) in [6.07, 6.45) is 3.53. The maximum atomic E-state index is 13.3. The zero-order valence-electron chi connectivity index (χ0n) is 9.40. The van der Waals surface area contributed by atoms with E-state index >= 15 is 0 Å². The zero-order chi connectivity index (χ0) is 12.4. The van der Waals surface area contributed by atoms with Gasteiger partial charge in [-0.1, -0.05) is 17.7 Å². The lowest BCUT2D eigenvalue weighted by Gasteiger charge is -2.13. The van der Waals surface area contributed by atoms with Gasteiger partial charge in [0.05, 0.1) is 11.1 Å². The second kappa shape index (κ2) is 4.85. The summed E-state index contributed by atoms with van der Waals surface area (Å²) in [5, 5.41) is 0.0970. The predicted octanol–water partition coefficient (Wildman–Crippen LogP) is 2.74. The van der Waals surface area contributed by atoms with Gasteiger partial charge in [0.15, 0.2) is 0 Å². The van der Waals surface area contributed by atoms with Crippen LogP contribution in [0.5, 0.6) is 0 Å². The lowest BCUT2D eigenvalue weighted by Crippen LogP contribution is -2.17. The Morgan fingerprint density at radius 2 is 2.29 bits per heavy atom. The summed E-state index contributed by atoms with van der Waals surface area (Å²) in [7, 11) is 0. The van der Waals surface area contributed by atoms with Crippen LogP contribution in [0.1, 0.15) is 24.4 Å². The van der Waals surface area contributed by atoms with Crippen molar-refractivity contribution < 1.29 is 4.39 Å². The third-order valence-corrected chi connectivity index (χ3v) is 2.98. The van der Waals surface area contributed by atoms with E-state index in [1.54, 1.807) is 12.3 Å². The summed E-state index contributed by atoms with van der Waals surface area (Å²) in [6, 6.07) is 4.12. The molecule has 17 heavy (non-hydrogen) atoms. The van der Waals surface area contributed by atoms with Gasteiger partial charge in [0.1, 0.15) is 11.6 Å². The zero-order valence-corrected chi connectivity index (χ0v) is 10.2. The van der Waals surface area contributed by atoms with E-state index in [9.17, 15) is 4.39 Å². The van der Waals surface area contributed by atoms with E-state index in [0.29, 0.717) is 11.4 Å². The van der Waals surface area contributed by atoms with Crippen LogP contribution >= 0.6 is 11.6 Å². The van der Waals surface area contributed by atoms with Gasteiger partial charge in [-0.3, -0.25) is 0 Å². The van der Waals surface area contributed by atoms with E-state index < -0.39 is 11.9 Å². The van der Waals surface area contributed by atoms with Gasteiger partial charge in [0, 0.05) is 18.9 Å². The topological polar surface area (TPSA) is 43.8 Å². The molecule has 0 amide bonds. The smallest absolute Gasteiger partial charge is 0.142 e. The third kappa shape index (κ3) is 2.33. The van der Waals surface area contributed by atoms with Crippen LogP contribution in [-0.2, 0) is 6.54 Å². The molecule has 0 aliphatic carbocycles. The van der Waals surface area contributed by atoms with Gasteiger partial charge in [-0.25, -0.2) is 9.37 Å². The maximum Gasteiger partial charge on any atom is 0.142 e. The van der Waals surface area contributed by atoms with E-state index in [-0.39, 0.29) is 5.02 Å². The number of rotatable bonds is 3. The molecule has 2 rings (SSSR count). The maximum absolute atomic E-state index is 13.3. The number of nitrogens with zero attached hydrogens (tertiary/aromatic N) is 2. The fraction of sp³-hybridized carbons (Fsp3) is 0.250. The molecule has 0 radical (unpaired) electrons. The molecule has 1 unspecified atom stereocenters. The molecule has 1 aromatic heterocycles. The van der Waals surface area contributed by atoms with Gasteiger partial charge >= 0.3 is 0 Å². The minimum absolute atomic E-state index is 0.0970. The first-order valence-electron chi connectivity index (χ1n) is 5.35.